The molecule has 0 saturated carbocycles. The molecule has 0 N–H and O–H groups in total. The minimum atomic E-state index is 0.705. The standard InChI is InChI=1S/C8H13NO/c1-2-3-9-7-4-8(9)6-10-5-7/h2,7-8H,1,3-6H2. The fourth-order valence-corrected chi connectivity index (χ4v) is 1.86. The normalized spacial score (nSPS) is 38.8. The van der Waals surface area contributed by atoms with Gasteiger partial charge in [-0.3, -0.25) is 4.90 Å². The third-order valence-electron chi connectivity index (χ3n) is 2.44. The third kappa shape index (κ3) is 0.796. The van der Waals surface area contributed by atoms with Crippen LogP contribution >= 0.6 is 0 Å². The molecular formula is C8H13NO. The number of hydrogen-bond donors (Lipinski definition) is 0. The van der Waals surface area contributed by atoms with Crippen LogP contribution in [-0.4, -0.2) is 36.7 Å². The van der Waals surface area contributed by atoms with Crippen LogP contribution in [0.25, 0.3) is 0 Å². The Balaban J connectivity index is 1.92. The average molecular weight is 139 g/mol. The van der Waals surface area contributed by atoms with E-state index in [9.17, 15) is 0 Å². The molecule has 0 aromatic carbocycles. The average Bonchev–Trinajstić information content (AvgIpc) is 2.01. The Morgan fingerprint density at radius 1 is 1.50 bits per heavy atom. The Morgan fingerprint density at radius 3 is 2.70 bits per heavy atom. The highest BCUT2D eigenvalue weighted by molar-refractivity contribution is 4.98. The lowest BCUT2D eigenvalue weighted by Gasteiger charge is -2.52. The van der Waals surface area contributed by atoms with Crippen LogP contribution in [0.1, 0.15) is 6.42 Å². The van der Waals surface area contributed by atoms with Crippen LogP contribution in [-0.2, 0) is 4.74 Å². The summed E-state index contributed by atoms with van der Waals surface area (Å²) in [7, 11) is 0. The van der Waals surface area contributed by atoms with Crippen molar-refractivity contribution in [3.63, 3.8) is 0 Å². The summed E-state index contributed by atoms with van der Waals surface area (Å²) in [6, 6.07) is 1.41. The maximum atomic E-state index is 5.33. The van der Waals surface area contributed by atoms with Gasteiger partial charge < -0.3 is 4.74 Å². The summed E-state index contributed by atoms with van der Waals surface area (Å²) in [5.74, 6) is 0. The Bertz CT molecular complexity index is 132. The summed E-state index contributed by atoms with van der Waals surface area (Å²) >= 11 is 0. The lowest BCUT2D eigenvalue weighted by molar-refractivity contribution is -0.121. The van der Waals surface area contributed by atoms with Crippen molar-refractivity contribution in [3.05, 3.63) is 12.7 Å². The van der Waals surface area contributed by atoms with E-state index in [1.54, 1.807) is 0 Å². The van der Waals surface area contributed by atoms with Gasteiger partial charge in [-0.25, -0.2) is 0 Å². The molecule has 3 rings (SSSR count). The van der Waals surface area contributed by atoms with Crippen molar-refractivity contribution < 1.29 is 4.74 Å². The van der Waals surface area contributed by atoms with E-state index in [2.05, 4.69) is 11.5 Å². The summed E-state index contributed by atoms with van der Waals surface area (Å²) in [5.41, 5.74) is 0. The predicted molar refractivity (Wildman–Crippen MR) is 39.9 cm³/mol. The second-order valence-electron chi connectivity index (χ2n) is 3.07. The first-order valence-electron chi connectivity index (χ1n) is 3.86. The highest BCUT2D eigenvalue weighted by Gasteiger charge is 2.40. The van der Waals surface area contributed by atoms with Gasteiger partial charge in [0.25, 0.3) is 0 Å². The van der Waals surface area contributed by atoms with Crippen molar-refractivity contribution in [3.8, 4) is 0 Å². The highest BCUT2D eigenvalue weighted by Crippen LogP contribution is 2.29. The number of hydrogen-bond acceptors (Lipinski definition) is 2. The van der Waals surface area contributed by atoms with E-state index >= 15 is 0 Å². The molecule has 3 aliphatic rings. The van der Waals surface area contributed by atoms with Crippen molar-refractivity contribution in [1.82, 2.24) is 4.90 Å². The van der Waals surface area contributed by atoms with Crippen LogP contribution < -0.4 is 0 Å². The van der Waals surface area contributed by atoms with Gasteiger partial charge in [-0.1, -0.05) is 6.08 Å². The molecule has 0 spiro atoms. The van der Waals surface area contributed by atoms with Gasteiger partial charge >= 0.3 is 0 Å². The van der Waals surface area contributed by atoms with Crippen molar-refractivity contribution in [2.75, 3.05) is 19.8 Å². The van der Waals surface area contributed by atoms with Gasteiger partial charge in [0.15, 0.2) is 0 Å². The Kier molecular flexibility index (Phi) is 1.51. The number of morpholine rings is 1. The molecule has 0 aromatic rings. The van der Waals surface area contributed by atoms with Crippen LogP contribution in [0, 0.1) is 0 Å². The fraction of sp³-hybridized carbons (Fsp3) is 0.750. The van der Waals surface area contributed by atoms with Gasteiger partial charge in [0.1, 0.15) is 0 Å². The van der Waals surface area contributed by atoms with E-state index < -0.39 is 0 Å². The van der Waals surface area contributed by atoms with Gasteiger partial charge in [0.2, 0.25) is 0 Å². The summed E-state index contributed by atoms with van der Waals surface area (Å²) in [6.07, 6.45) is 3.32. The zero-order valence-electron chi connectivity index (χ0n) is 6.12. The smallest absolute Gasteiger partial charge is 0.0623 e. The van der Waals surface area contributed by atoms with Crippen LogP contribution in [0.5, 0.6) is 0 Å². The molecule has 3 aliphatic heterocycles. The number of ether oxygens (including phenoxy) is 1. The Morgan fingerprint density at radius 2 is 2.20 bits per heavy atom. The van der Waals surface area contributed by atoms with E-state index in [4.69, 9.17) is 4.74 Å². The predicted octanol–water partition coefficient (Wildman–Crippen LogP) is 0.645. The first-order valence-corrected chi connectivity index (χ1v) is 3.86. The number of rotatable bonds is 2. The van der Waals surface area contributed by atoms with Gasteiger partial charge in [-0.2, -0.15) is 0 Å². The minimum Gasteiger partial charge on any atom is -0.378 e. The second-order valence-corrected chi connectivity index (χ2v) is 3.07. The van der Waals surface area contributed by atoms with Gasteiger partial charge in [-0.15, -0.1) is 6.58 Å². The quantitative estimate of drug-likeness (QED) is 0.521. The third-order valence-corrected chi connectivity index (χ3v) is 2.44. The summed E-state index contributed by atoms with van der Waals surface area (Å²) in [5, 5.41) is 0. The van der Waals surface area contributed by atoms with Crippen LogP contribution in [0.15, 0.2) is 12.7 Å². The van der Waals surface area contributed by atoms with Crippen molar-refractivity contribution in [1.29, 1.82) is 0 Å². The van der Waals surface area contributed by atoms with Gasteiger partial charge in [0.05, 0.1) is 13.2 Å². The molecule has 56 valence electrons. The lowest BCUT2D eigenvalue weighted by atomic mass is 9.91. The number of nitrogens with zero attached hydrogens (tertiary/aromatic N) is 1. The molecule has 0 radical (unpaired) electrons. The molecule has 2 atom stereocenters. The molecule has 0 aromatic heterocycles. The SMILES string of the molecule is C=CCN1C2COCC1C2. The van der Waals surface area contributed by atoms with Crippen molar-refractivity contribution in [2.24, 2.45) is 0 Å². The molecule has 2 nitrogen and oxygen atoms in total. The zero-order valence-corrected chi connectivity index (χ0v) is 6.12. The van der Waals surface area contributed by atoms with Gasteiger partial charge in [-0.05, 0) is 6.42 Å². The molecule has 3 heterocycles. The summed E-state index contributed by atoms with van der Waals surface area (Å²) in [6.45, 7) is 6.64. The van der Waals surface area contributed by atoms with Gasteiger partial charge in [0, 0.05) is 18.6 Å². The monoisotopic (exact) mass is 139 g/mol. The first-order chi connectivity index (χ1) is 4.92. The van der Waals surface area contributed by atoms with E-state index in [-0.39, 0.29) is 0 Å². The number of fused-ring (bicyclic) bond motifs is 2. The molecule has 3 saturated heterocycles. The Hall–Kier alpha value is -0.340. The van der Waals surface area contributed by atoms with E-state index in [0.717, 1.165) is 19.8 Å². The molecular weight excluding hydrogens is 126 g/mol. The molecule has 0 amide bonds. The van der Waals surface area contributed by atoms with Crippen LogP contribution in [0.3, 0.4) is 0 Å². The molecule has 2 bridgehead atoms. The summed E-state index contributed by atoms with van der Waals surface area (Å²) < 4.78 is 5.33. The molecule has 3 fully saturated rings. The van der Waals surface area contributed by atoms with E-state index in [1.165, 1.54) is 6.42 Å². The van der Waals surface area contributed by atoms with Crippen LogP contribution in [0.4, 0.5) is 0 Å². The maximum absolute atomic E-state index is 5.33. The maximum Gasteiger partial charge on any atom is 0.0623 e. The molecule has 10 heavy (non-hydrogen) atoms. The largest absolute Gasteiger partial charge is 0.378 e. The zero-order chi connectivity index (χ0) is 6.97. The van der Waals surface area contributed by atoms with Crippen molar-refractivity contribution >= 4 is 0 Å². The van der Waals surface area contributed by atoms with E-state index in [0.29, 0.717) is 12.1 Å². The second kappa shape index (κ2) is 2.36. The fourth-order valence-electron chi connectivity index (χ4n) is 1.86. The summed E-state index contributed by atoms with van der Waals surface area (Å²) in [4.78, 5) is 2.47. The molecule has 2 heteroatoms. The first kappa shape index (κ1) is 6.38. The highest BCUT2D eigenvalue weighted by atomic mass is 16.5. The molecule has 2 unspecified atom stereocenters. The van der Waals surface area contributed by atoms with E-state index in [1.807, 2.05) is 6.08 Å². The topological polar surface area (TPSA) is 12.5 Å². The minimum absolute atomic E-state index is 0.705. The molecule has 0 aliphatic carbocycles. The lowest BCUT2D eigenvalue weighted by Crippen LogP contribution is -2.63. The van der Waals surface area contributed by atoms with Crippen LogP contribution in [0.2, 0.25) is 0 Å². The van der Waals surface area contributed by atoms with Crippen molar-refractivity contribution in [2.45, 2.75) is 18.5 Å². The Labute approximate surface area is 61.5 Å².